The van der Waals surface area contributed by atoms with Crippen LogP contribution in [-0.2, 0) is 4.74 Å². The van der Waals surface area contributed by atoms with Crippen LogP contribution < -0.4 is 16.0 Å². The lowest BCUT2D eigenvalue weighted by molar-refractivity contribution is 0.0893. The van der Waals surface area contributed by atoms with Gasteiger partial charge in [-0.15, -0.1) is 0 Å². The number of nitrogens with one attached hydrogen (secondary N) is 1. The molecule has 1 atom stereocenters. The topological polar surface area (TPSA) is 67.6 Å². The predicted molar refractivity (Wildman–Crippen MR) is 76.5 cm³/mol. The number of ether oxygens (including phenoxy) is 1. The van der Waals surface area contributed by atoms with E-state index in [1.165, 1.54) is 0 Å². The number of rotatable bonds is 3. The molecule has 1 fully saturated rings. The fourth-order valence-corrected chi connectivity index (χ4v) is 2.48. The lowest BCUT2D eigenvalue weighted by atomic mass is 10.1. The maximum Gasteiger partial charge on any atom is 0.251 e. The third-order valence-electron chi connectivity index (χ3n) is 3.57. The summed E-state index contributed by atoms with van der Waals surface area (Å²) in [5, 5.41) is 2.60. The molecule has 1 aliphatic rings. The molecule has 1 unspecified atom stereocenters. The second-order valence-electron chi connectivity index (χ2n) is 4.80. The fourth-order valence-electron chi connectivity index (χ4n) is 2.48. The Morgan fingerprint density at radius 1 is 1.53 bits per heavy atom. The third kappa shape index (κ3) is 2.98. The zero-order valence-electron chi connectivity index (χ0n) is 11.5. The Hall–Kier alpha value is -1.75. The second-order valence-corrected chi connectivity index (χ2v) is 4.80. The Balaban J connectivity index is 2.18. The van der Waals surface area contributed by atoms with Gasteiger partial charge in [-0.25, -0.2) is 0 Å². The number of nitrogens with two attached hydrogens (primary N) is 1. The molecule has 1 aliphatic heterocycles. The van der Waals surface area contributed by atoms with Crippen LogP contribution in [0, 0.1) is 0 Å². The molecule has 1 aromatic rings. The summed E-state index contributed by atoms with van der Waals surface area (Å²) >= 11 is 0. The first-order valence-corrected chi connectivity index (χ1v) is 6.55. The van der Waals surface area contributed by atoms with Crippen LogP contribution in [0.5, 0.6) is 0 Å². The van der Waals surface area contributed by atoms with Crippen molar-refractivity contribution in [3.8, 4) is 0 Å². The van der Waals surface area contributed by atoms with E-state index in [1.54, 1.807) is 26.3 Å². The van der Waals surface area contributed by atoms with Gasteiger partial charge in [0.05, 0.1) is 17.5 Å². The molecule has 1 amide bonds. The summed E-state index contributed by atoms with van der Waals surface area (Å²) in [4.78, 5) is 13.8. The molecule has 0 radical (unpaired) electrons. The Morgan fingerprint density at radius 3 is 2.95 bits per heavy atom. The van der Waals surface area contributed by atoms with E-state index in [2.05, 4.69) is 10.2 Å². The van der Waals surface area contributed by atoms with Crippen molar-refractivity contribution in [2.24, 2.45) is 0 Å². The van der Waals surface area contributed by atoms with Crippen LogP contribution in [0.25, 0.3) is 0 Å². The Bertz CT molecular complexity index is 462. The van der Waals surface area contributed by atoms with Gasteiger partial charge in [0.15, 0.2) is 0 Å². The van der Waals surface area contributed by atoms with Gasteiger partial charge in [0, 0.05) is 32.8 Å². The van der Waals surface area contributed by atoms with Gasteiger partial charge in [-0.1, -0.05) is 0 Å². The molecule has 0 spiro atoms. The first kappa shape index (κ1) is 13.7. The Morgan fingerprint density at radius 2 is 2.32 bits per heavy atom. The standard InChI is InChI=1S/C14H21N3O2/c1-16-14(18)10-5-6-13(12(15)8-10)17-7-3-4-11(9-17)19-2/h5-6,8,11H,3-4,7,9,15H2,1-2H3,(H,16,18). The number of nitrogen functional groups attached to an aromatic ring is 1. The number of nitrogens with zero attached hydrogens (tertiary/aromatic N) is 1. The van der Waals surface area contributed by atoms with Gasteiger partial charge in [-0.3, -0.25) is 4.79 Å². The molecule has 0 saturated carbocycles. The summed E-state index contributed by atoms with van der Waals surface area (Å²) in [6.45, 7) is 1.82. The van der Waals surface area contributed by atoms with Crippen molar-refractivity contribution in [1.29, 1.82) is 0 Å². The zero-order chi connectivity index (χ0) is 13.8. The number of carbonyl (C=O) groups excluding carboxylic acids is 1. The number of hydrogen-bond acceptors (Lipinski definition) is 4. The van der Waals surface area contributed by atoms with E-state index in [4.69, 9.17) is 10.5 Å². The van der Waals surface area contributed by atoms with E-state index >= 15 is 0 Å². The number of methoxy groups -OCH3 is 1. The molecule has 2 rings (SSSR count). The van der Waals surface area contributed by atoms with E-state index in [9.17, 15) is 4.79 Å². The van der Waals surface area contributed by atoms with Gasteiger partial charge in [-0.05, 0) is 31.0 Å². The smallest absolute Gasteiger partial charge is 0.251 e. The van der Waals surface area contributed by atoms with Gasteiger partial charge in [0.2, 0.25) is 0 Å². The summed E-state index contributed by atoms with van der Waals surface area (Å²) in [6, 6.07) is 5.45. The average Bonchev–Trinajstić information content (AvgIpc) is 2.46. The molecule has 1 saturated heterocycles. The van der Waals surface area contributed by atoms with Crippen molar-refractivity contribution in [3.05, 3.63) is 23.8 Å². The molecular formula is C14H21N3O2. The molecule has 5 nitrogen and oxygen atoms in total. The van der Waals surface area contributed by atoms with Crippen molar-refractivity contribution >= 4 is 17.3 Å². The maximum atomic E-state index is 11.6. The molecule has 104 valence electrons. The maximum absolute atomic E-state index is 11.6. The van der Waals surface area contributed by atoms with Crippen molar-refractivity contribution in [1.82, 2.24) is 5.32 Å². The van der Waals surface area contributed by atoms with Gasteiger partial charge in [0.25, 0.3) is 5.91 Å². The van der Waals surface area contributed by atoms with Crippen molar-refractivity contribution < 1.29 is 9.53 Å². The lowest BCUT2D eigenvalue weighted by Gasteiger charge is -2.34. The molecular weight excluding hydrogens is 242 g/mol. The number of benzene rings is 1. The average molecular weight is 263 g/mol. The summed E-state index contributed by atoms with van der Waals surface area (Å²) in [6.07, 6.45) is 2.44. The summed E-state index contributed by atoms with van der Waals surface area (Å²) in [5.74, 6) is -0.119. The van der Waals surface area contributed by atoms with Gasteiger partial charge >= 0.3 is 0 Å². The number of anilines is 2. The van der Waals surface area contributed by atoms with Crippen molar-refractivity contribution in [3.63, 3.8) is 0 Å². The fraction of sp³-hybridized carbons (Fsp3) is 0.500. The third-order valence-corrected chi connectivity index (χ3v) is 3.57. The minimum absolute atomic E-state index is 0.119. The van der Waals surface area contributed by atoms with Gasteiger partial charge in [-0.2, -0.15) is 0 Å². The van der Waals surface area contributed by atoms with Crippen LogP contribution in [0.3, 0.4) is 0 Å². The van der Waals surface area contributed by atoms with Crippen LogP contribution in [0.15, 0.2) is 18.2 Å². The minimum atomic E-state index is -0.119. The second kappa shape index (κ2) is 5.93. The largest absolute Gasteiger partial charge is 0.397 e. The number of hydrogen-bond donors (Lipinski definition) is 2. The molecule has 3 N–H and O–H groups in total. The van der Waals surface area contributed by atoms with Crippen LogP contribution in [0.1, 0.15) is 23.2 Å². The molecule has 19 heavy (non-hydrogen) atoms. The molecule has 0 bridgehead atoms. The summed E-state index contributed by atoms with van der Waals surface area (Å²) in [5.41, 5.74) is 8.27. The predicted octanol–water partition coefficient (Wildman–Crippen LogP) is 1.24. The first-order valence-electron chi connectivity index (χ1n) is 6.55. The first-order chi connectivity index (χ1) is 9.15. The number of amides is 1. The molecule has 0 aromatic heterocycles. The Kier molecular flexibility index (Phi) is 4.27. The summed E-state index contributed by atoms with van der Waals surface area (Å²) in [7, 11) is 3.35. The van der Waals surface area contributed by atoms with E-state index in [-0.39, 0.29) is 12.0 Å². The van der Waals surface area contributed by atoms with Crippen molar-refractivity contribution in [2.45, 2.75) is 18.9 Å². The SMILES string of the molecule is CNC(=O)c1ccc(N2CCCC(OC)C2)c(N)c1. The van der Waals surface area contributed by atoms with E-state index in [0.29, 0.717) is 11.3 Å². The summed E-state index contributed by atoms with van der Waals surface area (Å²) < 4.78 is 5.42. The minimum Gasteiger partial charge on any atom is -0.397 e. The number of piperidine rings is 1. The van der Waals surface area contributed by atoms with Crippen molar-refractivity contribution in [2.75, 3.05) is 37.9 Å². The van der Waals surface area contributed by atoms with Gasteiger partial charge in [0.1, 0.15) is 0 Å². The van der Waals surface area contributed by atoms with Crippen LogP contribution in [0.4, 0.5) is 11.4 Å². The highest BCUT2D eigenvalue weighted by atomic mass is 16.5. The zero-order valence-corrected chi connectivity index (χ0v) is 11.5. The lowest BCUT2D eigenvalue weighted by Crippen LogP contribution is -2.39. The monoisotopic (exact) mass is 263 g/mol. The highest BCUT2D eigenvalue weighted by Crippen LogP contribution is 2.27. The van der Waals surface area contributed by atoms with Crippen LogP contribution in [0.2, 0.25) is 0 Å². The number of carbonyl (C=O) groups is 1. The molecule has 1 aromatic carbocycles. The van der Waals surface area contributed by atoms with Crippen LogP contribution in [-0.4, -0.2) is 39.3 Å². The normalized spacial score (nSPS) is 19.3. The molecule has 1 heterocycles. The Labute approximate surface area is 113 Å². The van der Waals surface area contributed by atoms with E-state index in [1.807, 2.05) is 6.07 Å². The van der Waals surface area contributed by atoms with Crippen LogP contribution >= 0.6 is 0 Å². The molecule has 5 heteroatoms. The highest BCUT2D eigenvalue weighted by molar-refractivity contribution is 5.96. The van der Waals surface area contributed by atoms with Gasteiger partial charge < -0.3 is 20.7 Å². The van der Waals surface area contributed by atoms with E-state index in [0.717, 1.165) is 31.6 Å². The van der Waals surface area contributed by atoms with E-state index < -0.39 is 0 Å². The highest BCUT2D eigenvalue weighted by Gasteiger charge is 2.21. The molecule has 0 aliphatic carbocycles. The quantitative estimate of drug-likeness (QED) is 0.805.